The van der Waals surface area contributed by atoms with Gasteiger partial charge in [0.2, 0.25) is 0 Å². The molecule has 6 nitrogen and oxygen atoms in total. The number of benzene rings is 1. The summed E-state index contributed by atoms with van der Waals surface area (Å²) in [4.78, 5) is 20.9. The second-order valence-electron chi connectivity index (χ2n) is 6.10. The summed E-state index contributed by atoms with van der Waals surface area (Å²) in [5.74, 6) is -0.502. The maximum atomic E-state index is 13.7. The maximum absolute atomic E-state index is 13.7. The van der Waals surface area contributed by atoms with E-state index in [9.17, 15) is 18.0 Å². The molecule has 0 spiro atoms. The highest BCUT2D eigenvalue weighted by Gasteiger charge is 2.36. The van der Waals surface area contributed by atoms with Crippen molar-refractivity contribution in [1.29, 1.82) is 0 Å². The van der Waals surface area contributed by atoms with Gasteiger partial charge in [0, 0.05) is 16.2 Å². The topological polar surface area (TPSA) is 72.2 Å². The zero-order valence-electron chi connectivity index (χ0n) is 14.8. The minimum Gasteiger partial charge on any atom is -0.305 e. The Morgan fingerprint density at radius 1 is 1.07 bits per heavy atom. The van der Waals surface area contributed by atoms with Crippen LogP contribution >= 0.6 is 31.9 Å². The molecule has 0 atom stereocenters. The number of anilines is 1. The Balaban J connectivity index is 1.84. The molecule has 0 aliphatic rings. The van der Waals surface area contributed by atoms with E-state index < -0.39 is 17.8 Å². The standard InChI is InChI=1S/C19H10Br2F3N5O/c20-11-6-7-14(25-9-11)27-18(30)16-15(21)17-26-12(10-4-2-1-3-5-10)8-13(19(22,23)24)29(17)28-16/h1-9H,(H,25,27,30). The van der Waals surface area contributed by atoms with Crippen LogP contribution in [0.15, 0.2) is 63.7 Å². The molecule has 30 heavy (non-hydrogen) atoms. The molecule has 0 saturated heterocycles. The summed E-state index contributed by atoms with van der Waals surface area (Å²) in [5, 5.41) is 6.37. The second-order valence-corrected chi connectivity index (χ2v) is 7.81. The van der Waals surface area contributed by atoms with E-state index in [1.165, 1.54) is 6.20 Å². The summed E-state index contributed by atoms with van der Waals surface area (Å²) in [7, 11) is 0. The monoisotopic (exact) mass is 539 g/mol. The molecule has 4 rings (SSSR count). The number of pyridine rings is 1. The van der Waals surface area contributed by atoms with Gasteiger partial charge in [0.15, 0.2) is 17.0 Å². The average molecular weight is 541 g/mol. The number of halogens is 5. The zero-order chi connectivity index (χ0) is 21.5. The van der Waals surface area contributed by atoms with E-state index in [2.05, 4.69) is 52.2 Å². The fourth-order valence-corrected chi connectivity index (χ4v) is 3.47. The molecule has 0 aliphatic carbocycles. The average Bonchev–Trinajstić information content (AvgIpc) is 3.05. The molecule has 3 aromatic heterocycles. The van der Waals surface area contributed by atoms with E-state index in [1.807, 2.05) is 0 Å². The van der Waals surface area contributed by atoms with Crippen molar-refractivity contribution in [3.8, 4) is 11.3 Å². The molecule has 0 unspecified atom stereocenters. The number of fused-ring (bicyclic) bond motifs is 1. The van der Waals surface area contributed by atoms with Gasteiger partial charge in [-0.2, -0.15) is 18.3 Å². The van der Waals surface area contributed by atoms with Crippen LogP contribution in [0.2, 0.25) is 0 Å². The van der Waals surface area contributed by atoms with Gasteiger partial charge in [-0.25, -0.2) is 14.5 Å². The van der Waals surface area contributed by atoms with Crippen LogP contribution < -0.4 is 5.32 Å². The van der Waals surface area contributed by atoms with Crippen molar-refractivity contribution in [2.75, 3.05) is 5.32 Å². The fraction of sp³-hybridized carbons (Fsp3) is 0.0526. The number of nitrogens with zero attached hydrogens (tertiary/aromatic N) is 4. The number of rotatable bonds is 3. The van der Waals surface area contributed by atoms with Crippen molar-refractivity contribution >= 4 is 49.2 Å². The number of hydrogen-bond acceptors (Lipinski definition) is 4. The van der Waals surface area contributed by atoms with Crippen LogP contribution in [-0.2, 0) is 6.18 Å². The maximum Gasteiger partial charge on any atom is 0.433 e. The van der Waals surface area contributed by atoms with Gasteiger partial charge in [-0.3, -0.25) is 4.79 Å². The number of carbonyl (C=O) groups excluding carboxylic acids is 1. The molecule has 0 radical (unpaired) electrons. The summed E-state index contributed by atoms with van der Waals surface area (Å²) in [6, 6.07) is 12.6. The third kappa shape index (κ3) is 3.94. The summed E-state index contributed by atoms with van der Waals surface area (Å²) >= 11 is 6.41. The highest BCUT2D eigenvalue weighted by molar-refractivity contribution is 9.11. The van der Waals surface area contributed by atoms with E-state index in [0.717, 1.165) is 6.07 Å². The molecule has 0 bridgehead atoms. The normalized spacial score (nSPS) is 11.6. The van der Waals surface area contributed by atoms with Crippen LogP contribution in [0.5, 0.6) is 0 Å². The lowest BCUT2D eigenvalue weighted by atomic mass is 10.1. The summed E-state index contributed by atoms with van der Waals surface area (Å²) in [6.07, 6.45) is -3.24. The van der Waals surface area contributed by atoms with Crippen LogP contribution in [0.4, 0.5) is 19.0 Å². The molecule has 4 aromatic rings. The lowest BCUT2D eigenvalue weighted by Crippen LogP contribution is -2.16. The minimum absolute atomic E-state index is 0.0420. The molecule has 11 heteroatoms. The van der Waals surface area contributed by atoms with E-state index in [4.69, 9.17) is 0 Å². The fourth-order valence-electron chi connectivity index (χ4n) is 2.72. The first-order valence-electron chi connectivity index (χ1n) is 8.39. The lowest BCUT2D eigenvalue weighted by Gasteiger charge is -2.11. The smallest absolute Gasteiger partial charge is 0.305 e. The Morgan fingerprint density at radius 2 is 1.80 bits per heavy atom. The predicted octanol–water partition coefficient (Wildman–Crippen LogP) is 5.59. The first kappa shape index (κ1) is 20.5. The van der Waals surface area contributed by atoms with E-state index in [0.29, 0.717) is 14.6 Å². The van der Waals surface area contributed by atoms with Crippen molar-refractivity contribution in [2.45, 2.75) is 6.18 Å². The molecule has 3 heterocycles. The number of nitrogens with one attached hydrogen (secondary N) is 1. The molecule has 0 fully saturated rings. The molecule has 1 aromatic carbocycles. The molecule has 1 amide bonds. The number of aromatic nitrogens is 4. The van der Waals surface area contributed by atoms with E-state index >= 15 is 0 Å². The first-order chi connectivity index (χ1) is 14.2. The van der Waals surface area contributed by atoms with Gasteiger partial charge in [0.1, 0.15) is 5.82 Å². The first-order valence-corrected chi connectivity index (χ1v) is 9.97. The largest absolute Gasteiger partial charge is 0.433 e. The quantitative estimate of drug-likeness (QED) is 0.368. The lowest BCUT2D eigenvalue weighted by molar-refractivity contribution is -0.142. The molecule has 1 N–H and O–H groups in total. The Morgan fingerprint density at radius 3 is 2.43 bits per heavy atom. The SMILES string of the molecule is O=C(Nc1ccc(Br)cn1)c1nn2c(C(F)(F)F)cc(-c3ccccc3)nc2c1Br. The van der Waals surface area contributed by atoms with Crippen LogP contribution in [0, 0.1) is 0 Å². The Kier molecular flexibility index (Phi) is 5.33. The van der Waals surface area contributed by atoms with Crippen molar-refractivity contribution in [2.24, 2.45) is 0 Å². The van der Waals surface area contributed by atoms with E-state index in [-0.39, 0.29) is 27.3 Å². The van der Waals surface area contributed by atoms with Gasteiger partial charge in [-0.15, -0.1) is 0 Å². The number of hydrogen-bond donors (Lipinski definition) is 1. The van der Waals surface area contributed by atoms with Gasteiger partial charge < -0.3 is 5.32 Å². The van der Waals surface area contributed by atoms with Crippen molar-refractivity contribution in [1.82, 2.24) is 19.6 Å². The number of carbonyl (C=O) groups is 1. The van der Waals surface area contributed by atoms with Crippen LogP contribution in [0.25, 0.3) is 16.9 Å². The summed E-state index contributed by atoms with van der Waals surface area (Å²) in [6.45, 7) is 0. The van der Waals surface area contributed by atoms with Gasteiger partial charge in [0.05, 0.1) is 10.2 Å². The summed E-state index contributed by atoms with van der Waals surface area (Å²) < 4.78 is 42.5. The molecule has 0 saturated carbocycles. The van der Waals surface area contributed by atoms with Crippen molar-refractivity contribution < 1.29 is 18.0 Å². The Labute approximate surface area is 184 Å². The molecular formula is C19H10Br2F3N5O. The minimum atomic E-state index is -4.71. The van der Waals surface area contributed by atoms with Crippen molar-refractivity contribution in [3.05, 3.63) is 75.1 Å². The van der Waals surface area contributed by atoms with Gasteiger partial charge >= 0.3 is 6.18 Å². The highest BCUT2D eigenvalue weighted by atomic mass is 79.9. The summed E-state index contributed by atoms with van der Waals surface area (Å²) in [5.41, 5.74) is -0.811. The predicted molar refractivity (Wildman–Crippen MR) is 111 cm³/mol. The van der Waals surface area contributed by atoms with Crippen LogP contribution in [-0.4, -0.2) is 25.5 Å². The Hall–Kier alpha value is -2.79. The molecular weight excluding hydrogens is 531 g/mol. The van der Waals surface area contributed by atoms with E-state index in [1.54, 1.807) is 42.5 Å². The van der Waals surface area contributed by atoms with Crippen LogP contribution in [0.1, 0.15) is 16.2 Å². The van der Waals surface area contributed by atoms with Crippen molar-refractivity contribution in [3.63, 3.8) is 0 Å². The number of alkyl halides is 3. The van der Waals surface area contributed by atoms with Gasteiger partial charge in [-0.1, -0.05) is 30.3 Å². The third-order valence-electron chi connectivity index (χ3n) is 4.08. The third-order valence-corrected chi connectivity index (χ3v) is 5.28. The zero-order valence-corrected chi connectivity index (χ0v) is 18.0. The Bertz CT molecular complexity index is 1240. The number of amides is 1. The molecule has 152 valence electrons. The molecule has 0 aliphatic heterocycles. The second kappa shape index (κ2) is 7.80. The highest BCUT2D eigenvalue weighted by Crippen LogP contribution is 2.34. The van der Waals surface area contributed by atoms with Gasteiger partial charge in [0.25, 0.3) is 5.91 Å². The van der Waals surface area contributed by atoms with Crippen LogP contribution in [0.3, 0.4) is 0 Å². The van der Waals surface area contributed by atoms with Gasteiger partial charge in [-0.05, 0) is 50.1 Å².